The highest BCUT2D eigenvalue weighted by Gasteiger charge is 2.18. The van der Waals surface area contributed by atoms with Crippen LogP contribution in [0.15, 0.2) is 18.2 Å². The summed E-state index contributed by atoms with van der Waals surface area (Å²) in [5.74, 6) is -0.348. The second-order valence-corrected chi connectivity index (χ2v) is 4.38. The molecule has 1 aliphatic heterocycles. The number of ether oxygens (including phenoxy) is 1. The van der Waals surface area contributed by atoms with E-state index in [-0.39, 0.29) is 12.2 Å². The predicted molar refractivity (Wildman–Crippen MR) is 63.7 cm³/mol. The summed E-state index contributed by atoms with van der Waals surface area (Å²) in [6.07, 6.45) is 1.05. The van der Waals surface area contributed by atoms with Crippen LogP contribution < -0.4 is 5.32 Å². The smallest absolute Gasteiger partial charge is 0.305 e. The number of hydrogen-bond acceptors (Lipinski definition) is 4. The Morgan fingerprint density at radius 1 is 1.56 bits per heavy atom. The van der Waals surface area contributed by atoms with Gasteiger partial charge in [-0.05, 0) is 18.9 Å². The zero-order valence-corrected chi connectivity index (χ0v) is 9.89. The number of rotatable bonds is 5. The number of halogens is 1. The fourth-order valence-corrected chi connectivity index (χ4v) is 2.01. The summed E-state index contributed by atoms with van der Waals surface area (Å²) in [5.41, 5.74) is -0.270. The molecular weight excluding hydrogens is 239 g/mol. The third kappa shape index (κ3) is 3.02. The minimum absolute atomic E-state index is 0.0734. The molecule has 0 saturated carbocycles. The molecule has 1 unspecified atom stereocenters. The van der Waals surface area contributed by atoms with Crippen molar-refractivity contribution >= 4 is 5.69 Å². The van der Waals surface area contributed by atoms with Crippen molar-refractivity contribution in [3.05, 3.63) is 39.7 Å². The van der Waals surface area contributed by atoms with Gasteiger partial charge in [0.25, 0.3) is 0 Å². The van der Waals surface area contributed by atoms with Crippen molar-refractivity contribution in [3.8, 4) is 0 Å². The molecule has 0 spiro atoms. The highest BCUT2D eigenvalue weighted by Crippen LogP contribution is 2.21. The maximum atomic E-state index is 13.7. The van der Waals surface area contributed by atoms with Crippen molar-refractivity contribution in [2.45, 2.75) is 13.0 Å². The van der Waals surface area contributed by atoms with Crippen molar-refractivity contribution in [1.82, 2.24) is 5.32 Å². The van der Waals surface area contributed by atoms with Crippen LogP contribution in [-0.2, 0) is 11.3 Å². The highest BCUT2D eigenvalue weighted by atomic mass is 19.1. The molecule has 98 valence electrons. The van der Waals surface area contributed by atoms with Crippen molar-refractivity contribution in [3.63, 3.8) is 0 Å². The Bertz CT molecular complexity index is 433. The van der Waals surface area contributed by atoms with E-state index in [9.17, 15) is 14.5 Å². The average Bonchev–Trinajstić information content (AvgIpc) is 2.84. The molecule has 2 rings (SSSR count). The molecule has 1 N–H and O–H groups in total. The monoisotopic (exact) mass is 254 g/mol. The Morgan fingerprint density at radius 2 is 2.39 bits per heavy atom. The average molecular weight is 254 g/mol. The quantitative estimate of drug-likeness (QED) is 0.643. The molecule has 1 aliphatic rings. The zero-order chi connectivity index (χ0) is 13.0. The van der Waals surface area contributed by atoms with E-state index in [2.05, 4.69) is 5.32 Å². The van der Waals surface area contributed by atoms with Crippen LogP contribution in [0.25, 0.3) is 0 Å². The lowest BCUT2D eigenvalue weighted by Crippen LogP contribution is -2.14. The first-order valence-corrected chi connectivity index (χ1v) is 5.88. The van der Waals surface area contributed by atoms with E-state index >= 15 is 0 Å². The summed E-state index contributed by atoms with van der Waals surface area (Å²) in [6.45, 7) is 2.52. The first-order chi connectivity index (χ1) is 8.68. The third-order valence-electron chi connectivity index (χ3n) is 3.03. The van der Waals surface area contributed by atoms with Crippen LogP contribution in [0.3, 0.4) is 0 Å². The summed E-state index contributed by atoms with van der Waals surface area (Å²) in [6, 6.07) is 4.13. The molecule has 0 aliphatic carbocycles. The molecule has 0 aromatic heterocycles. The van der Waals surface area contributed by atoms with E-state index in [1.165, 1.54) is 12.1 Å². The summed E-state index contributed by atoms with van der Waals surface area (Å²) in [7, 11) is 0. The largest absolute Gasteiger partial charge is 0.376 e. The van der Waals surface area contributed by atoms with Crippen LogP contribution in [-0.4, -0.2) is 24.6 Å². The van der Waals surface area contributed by atoms with Gasteiger partial charge in [-0.15, -0.1) is 0 Å². The fourth-order valence-electron chi connectivity index (χ4n) is 2.01. The van der Waals surface area contributed by atoms with Gasteiger partial charge in [-0.2, -0.15) is 4.39 Å². The second-order valence-electron chi connectivity index (χ2n) is 4.38. The second kappa shape index (κ2) is 5.88. The van der Waals surface area contributed by atoms with Gasteiger partial charge in [0.1, 0.15) is 0 Å². The maximum absolute atomic E-state index is 13.7. The summed E-state index contributed by atoms with van der Waals surface area (Å²) in [5, 5.41) is 13.8. The summed E-state index contributed by atoms with van der Waals surface area (Å²) < 4.78 is 19.1. The molecule has 0 radical (unpaired) electrons. The molecule has 1 saturated heterocycles. The minimum atomic E-state index is -0.799. The van der Waals surface area contributed by atoms with E-state index in [1.807, 2.05) is 0 Å². The highest BCUT2D eigenvalue weighted by molar-refractivity contribution is 5.36. The van der Waals surface area contributed by atoms with Crippen LogP contribution in [0.1, 0.15) is 12.0 Å². The Hall–Kier alpha value is -1.53. The molecule has 1 heterocycles. The normalized spacial score (nSPS) is 19.1. The molecule has 0 bridgehead atoms. The van der Waals surface area contributed by atoms with Crippen LogP contribution >= 0.6 is 0 Å². The van der Waals surface area contributed by atoms with Crippen molar-refractivity contribution in [2.24, 2.45) is 5.92 Å². The molecule has 1 aromatic carbocycles. The van der Waals surface area contributed by atoms with Crippen LogP contribution in [0.4, 0.5) is 10.1 Å². The lowest BCUT2D eigenvalue weighted by molar-refractivity contribution is -0.387. The number of nitrogens with zero attached hydrogens (tertiary/aromatic N) is 1. The Labute approximate surface area is 104 Å². The molecule has 1 atom stereocenters. The van der Waals surface area contributed by atoms with Gasteiger partial charge in [0.15, 0.2) is 0 Å². The molecule has 0 amide bonds. The molecule has 1 fully saturated rings. The molecular formula is C12H15FN2O3. The van der Waals surface area contributed by atoms with Gasteiger partial charge >= 0.3 is 5.69 Å². The van der Waals surface area contributed by atoms with Crippen LogP contribution in [0.2, 0.25) is 0 Å². The van der Waals surface area contributed by atoms with Crippen molar-refractivity contribution < 1.29 is 14.1 Å². The zero-order valence-electron chi connectivity index (χ0n) is 9.89. The van der Waals surface area contributed by atoms with E-state index in [1.54, 1.807) is 0 Å². The first-order valence-electron chi connectivity index (χ1n) is 5.88. The van der Waals surface area contributed by atoms with E-state index in [4.69, 9.17) is 4.74 Å². The Kier molecular flexibility index (Phi) is 4.22. The minimum Gasteiger partial charge on any atom is -0.376 e. The topological polar surface area (TPSA) is 64.4 Å². The van der Waals surface area contributed by atoms with Gasteiger partial charge < -0.3 is 10.1 Å². The van der Waals surface area contributed by atoms with Gasteiger partial charge in [0.05, 0.1) is 18.1 Å². The Balaban J connectivity index is 1.92. The molecule has 6 heteroatoms. The lowest BCUT2D eigenvalue weighted by Gasteiger charge is -2.09. The van der Waals surface area contributed by atoms with Gasteiger partial charge in [-0.25, -0.2) is 0 Å². The van der Waals surface area contributed by atoms with Gasteiger partial charge in [-0.3, -0.25) is 10.1 Å². The van der Waals surface area contributed by atoms with Gasteiger partial charge in [0.2, 0.25) is 5.82 Å². The van der Waals surface area contributed by atoms with Crippen molar-refractivity contribution in [1.29, 1.82) is 0 Å². The summed E-state index contributed by atoms with van der Waals surface area (Å²) >= 11 is 0. The van der Waals surface area contributed by atoms with Gasteiger partial charge in [-0.1, -0.05) is 12.1 Å². The van der Waals surface area contributed by atoms with E-state index < -0.39 is 16.4 Å². The lowest BCUT2D eigenvalue weighted by atomic mass is 10.1. The molecule has 1 aromatic rings. The third-order valence-corrected chi connectivity index (χ3v) is 3.03. The number of nitrogens with one attached hydrogen (secondary N) is 1. The fraction of sp³-hybridized carbons (Fsp3) is 0.500. The Morgan fingerprint density at radius 3 is 3.06 bits per heavy atom. The van der Waals surface area contributed by atoms with Crippen molar-refractivity contribution in [2.75, 3.05) is 19.7 Å². The number of benzene rings is 1. The number of hydrogen-bond donors (Lipinski definition) is 1. The van der Waals surface area contributed by atoms with Crippen LogP contribution in [0.5, 0.6) is 0 Å². The number of nitro groups is 1. The van der Waals surface area contributed by atoms with E-state index in [0.717, 1.165) is 25.6 Å². The maximum Gasteiger partial charge on any atom is 0.305 e. The van der Waals surface area contributed by atoms with Crippen LogP contribution in [0, 0.1) is 21.8 Å². The van der Waals surface area contributed by atoms with Gasteiger partial charge in [0, 0.05) is 18.2 Å². The molecule has 5 nitrogen and oxygen atoms in total. The van der Waals surface area contributed by atoms with E-state index in [0.29, 0.717) is 12.5 Å². The first kappa shape index (κ1) is 12.9. The standard InChI is InChI=1S/C12H15FN2O3/c13-12-10(2-1-3-11(12)15(16)17)8-18-7-9-4-5-14-6-9/h1-3,9,14H,4-8H2. The predicted octanol–water partition coefficient (Wildman–Crippen LogP) is 1.86. The summed E-state index contributed by atoms with van der Waals surface area (Å²) in [4.78, 5) is 9.85. The number of nitro benzene ring substituents is 1. The SMILES string of the molecule is O=[N+]([O-])c1cccc(COCC2CCNC2)c1F. The molecule has 18 heavy (non-hydrogen) atoms.